The zero-order valence-electron chi connectivity index (χ0n) is 19.4. The normalized spacial score (nSPS) is 11.2. The van der Waals surface area contributed by atoms with Gasteiger partial charge in [-0.15, -0.1) is 0 Å². The van der Waals surface area contributed by atoms with Gasteiger partial charge in [-0.1, -0.05) is 13.2 Å². The van der Waals surface area contributed by atoms with E-state index < -0.39 is 31.6 Å². The molecular weight excluding hydrogens is 459 g/mol. The molecule has 0 unspecified atom stereocenters. The van der Waals surface area contributed by atoms with E-state index in [9.17, 15) is 18.9 Å². The third-order valence-corrected chi connectivity index (χ3v) is 6.86. The Labute approximate surface area is 194 Å². The number of hydrogen-bond acceptors (Lipinski definition) is 10. The smallest absolute Gasteiger partial charge is 0.333 e. The van der Waals surface area contributed by atoms with Crippen LogP contribution < -0.4 is 0 Å². The number of thioether (sulfide) groups is 1. The van der Waals surface area contributed by atoms with Crippen molar-refractivity contribution in [3.63, 3.8) is 0 Å². The van der Waals surface area contributed by atoms with Crippen LogP contribution in [0.4, 0.5) is 0 Å². The number of ether oxygens (including phenoxy) is 3. The van der Waals surface area contributed by atoms with E-state index in [0.29, 0.717) is 37.3 Å². The standard InChI is InChI=1S/C21H35O9PS/c1-7-28-31(25,29-8-2)11-9-12-32-13-10-19(22)30-18(14-26-20(23)16(3)4)15-27-21(24)17(5)6/h18H,3,5,7-15H2,1-2,4,6H3. The largest absolute Gasteiger partial charge is 0.458 e. The van der Waals surface area contributed by atoms with E-state index in [1.54, 1.807) is 13.8 Å². The van der Waals surface area contributed by atoms with Crippen LogP contribution in [0.3, 0.4) is 0 Å². The van der Waals surface area contributed by atoms with Crippen LogP contribution in [0, 0.1) is 0 Å². The van der Waals surface area contributed by atoms with E-state index >= 15 is 0 Å². The van der Waals surface area contributed by atoms with Crippen molar-refractivity contribution in [2.24, 2.45) is 0 Å². The summed E-state index contributed by atoms with van der Waals surface area (Å²) in [6, 6.07) is 0. The first kappa shape index (κ1) is 30.4. The van der Waals surface area contributed by atoms with Gasteiger partial charge in [-0.25, -0.2) is 9.59 Å². The van der Waals surface area contributed by atoms with E-state index in [2.05, 4.69) is 13.2 Å². The maximum Gasteiger partial charge on any atom is 0.333 e. The van der Waals surface area contributed by atoms with Crippen LogP contribution in [-0.2, 0) is 42.2 Å². The van der Waals surface area contributed by atoms with E-state index in [-0.39, 0.29) is 30.8 Å². The third-order valence-electron chi connectivity index (χ3n) is 3.62. The molecule has 0 radical (unpaired) electrons. The first-order chi connectivity index (χ1) is 15.0. The molecule has 184 valence electrons. The second kappa shape index (κ2) is 16.9. The lowest BCUT2D eigenvalue weighted by molar-refractivity contribution is -0.164. The van der Waals surface area contributed by atoms with Gasteiger partial charge in [0.15, 0.2) is 6.10 Å². The van der Waals surface area contributed by atoms with Gasteiger partial charge in [-0.3, -0.25) is 9.36 Å². The van der Waals surface area contributed by atoms with Crippen LogP contribution in [0.2, 0.25) is 0 Å². The van der Waals surface area contributed by atoms with Crippen molar-refractivity contribution in [2.45, 2.75) is 46.6 Å². The lowest BCUT2D eigenvalue weighted by Crippen LogP contribution is -2.31. The molecule has 0 aliphatic carbocycles. The molecule has 0 bridgehead atoms. The second-order valence-electron chi connectivity index (χ2n) is 6.76. The summed E-state index contributed by atoms with van der Waals surface area (Å²) >= 11 is 1.50. The fourth-order valence-corrected chi connectivity index (χ4v) is 4.86. The molecule has 0 aromatic heterocycles. The van der Waals surface area contributed by atoms with Gasteiger partial charge in [0.2, 0.25) is 0 Å². The highest BCUT2D eigenvalue weighted by Crippen LogP contribution is 2.48. The number of hydrogen-bond donors (Lipinski definition) is 0. The fourth-order valence-electron chi connectivity index (χ4n) is 2.12. The molecule has 0 spiro atoms. The van der Waals surface area contributed by atoms with Crippen molar-refractivity contribution in [3.05, 3.63) is 24.3 Å². The van der Waals surface area contributed by atoms with Crippen molar-refractivity contribution in [3.8, 4) is 0 Å². The molecular formula is C21H35O9PS. The summed E-state index contributed by atoms with van der Waals surface area (Å²) in [6.07, 6.45) is 0.102. The number of carbonyl (C=O) groups excluding carboxylic acids is 3. The summed E-state index contributed by atoms with van der Waals surface area (Å²) in [5.41, 5.74) is 0.396. The Morgan fingerprint density at radius 3 is 1.84 bits per heavy atom. The Balaban J connectivity index is 4.41. The molecule has 0 aliphatic heterocycles. The Kier molecular flexibility index (Phi) is 16.1. The minimum absolute atomic E-state index is 0.110. The van der Waals surface area contributed by atoms with Crippen LogP contribution >= 0.6 is 19.4 Å². The number of esters is 3. The SMILES string of the molecule is C=C(C)C(=O)OCC(COC(=O)C(=C)C)OC(=O)CCSCCCP(=O)(OCC)OCC. The Morgan fingerprint density at radius 1 is 0.906 bits per heavy atom. The summed E-state index contributed by atoms with van der Waals surface area (Å²) in [4.78, 5) is 35.3. The van der Waals surface area contributed by atoms with Crippen molar-refractivity contribution in [1.29, 1.82) is 0 Å². The molecule has 0 atom stereocenters. The van der Waals surface area contributed by atoms with E-state index in [1.165, 1.54) is 25.6 Å². The van der Waals surface area contributed by atoms with E-state index in [0.717, 1.165) is 0 Å². The van der Waals surface area contributed by atoms with Crippen molar-refractivity contribution in [2.75, 3.05) is 44.1 Å². The fraction of sp³-hybridized carbons (Fsp3) is 0.667. The maximum absolute atomic E-state index is 12.4. The molecule has 0 saturated carbocycles. The van der Waals surface area contributed by atoms with E-state index in [4.69, 9.17) is 23.3 Å². The molecule has 32 heavy (non-hydrogen) atoms. The zero-order chi connectivity index (χ0) is 24.6. The molecule has 0 rings (SSSR count). The summed E-state index contributed by atoms with van der Waals surface area (Å²) < 4.78 is 38.1. The van der Waals surface area contributed by atoms with Crippen LogP contribution in [-0.4, -0.2) is 68.1 Å². The minimum atomic E-state index is -3.05. The molecule has 0 saturated heterocycles. The second-order valence-corrected chi connectivity index (χ2v) is 10.2. The molecule has 0 aliphatic rings. The molecule has 0 fully saturated rings. The van der Waals surface area contributed by atoms with Gasteiger partial charge in [0.1, 0.15) is 13.2 Å². The van der Waals surface area contributed by atoms with Crippen molar-refractivity contribution in [1.82, 2.24) is 0 Å². The molecule has 0 amide bonds. The quantitative estimate of drug-likeness (QED) is 0.0913. The summed E-state index contributed by atoms with van der Waals surface area (Å²) in [7, 11) is -3.05. The van der Waals surface area contributed by atoms with Gasteiger partial charge in [0.25, 0.3) is 0 Å². The predicted molar refractivity (Wildman–Crippen MR) is 124 cm³/mol. The highest BCUT2D eigenvalue weighted by molar-refractivity contribution is 7.99. The Hall–Kier alpha value is -1.61. The molecule has 0 aromatic carbocycles. The molecule has 0 N–H and O–H groups in total. The van der Waals surface area contributed by atoms with Crippen molar-refractivity contribution >= 4 is 37.3 Å². The molecule has 0 aromatic rings. The highest BCUT2D eigenvalue weighted by Gasteiger charge is 2.23. The third kappa shape index (κ3) is 14.5. The average Bonchev–Trinajstić information content (AvgIpc) is 2.72. The topological polar surface area (TPSA) is 114 Å². The summed E-state index contributed by atoms with van der Waals surface area (Å²) in [5, 5.41) is 0. The van der Waals surface area contributed by atoms with Gasteiger partial charge >= 0.3 is 25.5 Å². The maximum atomic E-state index is 12.4. The minimum Gasteiger partial charge on any atom is -0.458 e. The van der Waals surface area contributed by atoms with Crippen LogP contribution in [0.1, 0.15) is 40.5 Å². The van der Waals surface area contributed by atoms with Gasteiger partial charge in [0, 0.05) is 16.9 Å². The summed E-state index contributed by atoms with van der Waals surface area (Å²) in [5.74, 6) is -0.633. The zero-order valence-corrected chi connectivity index (χ0v) is 21.1. The Bertz CT molecular complexity index is 653. The van der Waals surface area contributed by atoms with Gasteiger partial charge in [0.05, 0.1) is 25.8 Å². The Morgan fingerprint density at radius 2 is 1.41 bits per heavy atom. The predicted octanol–water partition coefficient (Wildman–Crippen LogP) is 3.92. The molecule has 9 nitrogen and oxygen atoms in total. The lowest BCUT2D eigenvalue weighted by Gasteiger charge is -2.18. The number of rotatable bonds is 18. The summed E-state index contributed by atoms with van der Waals surface area (Å²) in [6.45, 7) is 13.6. The van der Waals surface area contributed by atoms with Gasteiger partial charge in [-0.2, -0.15) is 11.8 Å². The van der Waals surface area contributed by atoms with Crippen LogP contribution in [0.25, 0.3) is 0 Å². The molecule has 0 heterocycles. The number of carbonyl (C=O) groups is 3. The first-order valence-corrected chi connectivity index (χ1v) is 13.2. The molecule has 11 heteroatoms. The monoisotopic (exact) mass is 494 g/mol. The van der Waals surface area contributed by atoms with Gasteiger partial charge in [-0.05, 0) is 39.9 Å². The highest BCUT2D eigenvalue weighted by atomic mass is 32.2. The van der Waals surface area contributed by atoms with Crippen molar-refractivity contribution < 1.29 is 42.2 Å². The lowest BCUT2D eigenvalue weighted by atomic mass is 10.3. The van der Waals surface area contributed by atoms with E-state index in [1.807, 2.05) is 0 Å². The first-order valence-electron chi connectivity index (χ1n) is 10.3. The average molecular weight is 495 g/mol. The van der Waals surface area contributed by atoms with Gasteiger partial charge < -0.3 is 23.3 Å². The van der Waals surface area contributed by atoms with Crippen LogP contribution in [0.5, 0.6) is 0 Å². The van der Waals surface area contributed by atoms with Crippen LogP contribution in [0.15, 0.2) is 24.3 Å².